The van der Waals surface area contributed by atoms with Gasteiger partial charge in [0.1, 0.15) is 0 Å². The number of rotatable bonds is 3. The van der Waals surface area contributed by atoms with Crippen LogP contribution in [0.2, 0.25) is 0 Å². The van der Waals surface area contributed by atoms with Gasteiger partial charge in [-0.2, -0.15) is 0 Å². The molecular formula is C14H22Cl3OP. The highest BCUT2D eigenvalue weighted by molar-refractivity contribution is 7.77. The normalized spacial score (nSPS) is 23.8. The van der Waals surface area contributed by atoms with Crippen LogP contribution < -0.4 is 0 Å². The van der Waals surface area contributed by atoms with Crippen LogP contribution in [0.4, 0.5) is 0 Å². The maximum Gasteiger partial charge on any atom is 0.252 e. The molecule has 0 aliphatic heterocycles. The van der Waals surface area contributed by atoms with Crippen molar-refractivity contribution in [2.45, 2.75) is 79.3 Å². The molecule has 19 heavy (non-hydrogen) atoms. The van der Waals surface area contributed by atoms with Crippen LogP contribution >= 0.6 is 42.7 Å². The van der Waals surface area contributed by atoms with E-state index < -0.39 is 11.7 Å². The molecule has 2 rings (SSSR count). The summed E-state index contributed by atoms with van der Waals surface area (Å²) in [5.74, 6) is 0. The number of carbonyl (C=O) groups excluding carboxylic acids is 1. The summed E-state index contributed by atoms with van der Waals surface area (Å²) in [4.78, 5) is 12.6. The molecule has 0 aromatic heterocycles. The smallest absolute Gasteiger partial charge is 0.252 e. The summed E-state index contributed by atoms with van der Waals surface area (Å²) in [6, 6.07) is 0. The fourth-order valence-corrected chi connectivity index (χ4v) is 7.77. The van der Waals surface area contributed by atoms with Crippen molar-refractivity contribution in [3.63, 3.8) is 0 Å². The van der Waals surface area contributed by atoms with E-state index in [4.69, 9.17) is 34.8 Å². The number of carbonyl (C=O) groups is 1. The van der Waals surface area contributed by atoms with E-state index in [1.807, 2.05) is 0 Å². The van der Waals surface area contributed by atoms with Gasteiger partial charge >= 0.3 is 0 Å². The lowest BCUT2D eigenvalue weighted by atomic mass is 9.99. The molecular weight excluding hydrogens is 321 g/mol. The molecule has 0 aromatic carbocycles. The fourth-order valence-electron chi connectivity index (χ4n) is 3.49. The molecule has 0 aromatic rings. The topological polar surface area (TPSA) is 17.1 Å². The van der Waals surface area contributed by atoms with Crippen molar-refractivity contribution in [3.8, 4) is 0 Å². The van der Waals surface area contributed by atoms with Crippen molar-refractivity contribution in [1.82, 2.24) is 0 Å². The third-order valence-corrected chi connectivity index (χ3v) is 8.73. The summed E-state index contributed by atoms with van der Waals surface area (Å²) in [6.45, 7) is 0. The van der Waals surface area contributed by atoms with E-state index in [9.17, 15) is 4.79 Å². The molecule has 2 saturated carbocycles. The van der Waals surface area contributed by atoms with Gasteiger partial charge in [0.25, 0.3) is 3.79 Å². The van der Waals surface area contributed by atoms with Gasteiger partial charge in [-0.15, -0.1) is 0 Å². The maximum absolute atomic E-state index is 12.6. The molecule has 0 unspecified atom stereocenters. The maximum atomic E-state index is 12.6. The molecule has 2 aliphatic carbocycles. The van der Waals surface area contributed by atoms with Crippen molar-refractivity contribution < 1.29 is 4.79 Å². The van der Waals surface area contributed by atoms with E-state index >= 15 is 0 Å². The van der Waals surface area contributed by atoms with E-state index in [1.165, 1.54) is 38.5 Å². The Bertz CT molecular complexity index is 286. The standard InChI is InChI=1S/C14H22Cl3OP/c15-14(16,17)13(18)19(11-7-3-1-4-8-11)12-9-5-2-6-10-12/h11-12H,1-10H2. The van der Waals surface area contributed by atoms with Crippen LogP contribution in [0, 0.1) is 0 Å². The minimum absolute atomic E-state index is 0.0775. The Labute approximate surface area is 132 Å². The van der Waals surface area contributed by atoms with Crippen molar-refractivity contribution in [2.75, 3.05) is 0 Å². The molecule has 0 bridgehead atoms. The molecule has 1 nitrogen and oxygen atoms in total. The first-order valence-corrected chi connectivity index (χ1v) is 10.0. The van der Waals surface area contributed by atoms with E-state index in [1.54, 1.807) is 0 Å². The van der Waals surface area contributed by atoms with E-state index in [0.717, 1.165) is 25.7 Å². The van der Waals surface area contributed by atoms with Gasteiger partial charge in [0.2, 0.25) is 5.52 Å². The summed E-state index contributed by atoms with van der Waals surface area (Å²) in [5.41, 5.74) is 0.941. The predicted molar refractivity (Wildman–Crippen MR) is 86.0 cm³/mol. The molecule has 0 amide bonds. The van der Waals surface area contributed by atoms with Gasteiger partial charge in [-0.3, -0.25) is 4.79 Å². The summed E-state index contributed by atoms with van der Waals surface area (Å²) >= 11 is 17.7. The zero-order chi connectivity index (χ0) is 13.9. The average molecular weight is 344 g/mol. The summed E-state index contributed by atoms with van der Waals surface area (Å²) < 4.78 is -1.71. The van der Waals surface area contributed by atoms with Crippen molar-refractivity contribution in [1.29, 1.82) is 0 Å². The Morgan fingerprint density at radius 1 is 0.789 bits per heavy atom. The minimum atomic E-state index is -1.71. The number of alkyl halides is 3. The number of halogens is 3. The lowest BCUT2D eigenvalue weighted by molar-refractivity contribution is -0.110. The van der Waals surface area contributed by atoms with Gasteiger partial charge in [0.15, 0.2) is 0 Å². The monoisotopic (exact) mass is 342 g/mol. The Hall–Kier alpha value is 0.970. The molecule has 2 fully saturated rings. The highest BCUT2D eigenvalue weighted by Gasteiger charge is 2.44. The van der Waals surface area contributed by atoms with E-state index in [-0.39, 0.29) is 5.52 Å². The van der Waals surface area contributed by atoms with Crippen LogP contribution in [0.15, 0.2) is 0 Å². The van der Waals surface area contributed by atoms with Gasteiger partial charge < -0.3 is 0 Å². The van der Waals surface area contributed by atoms with Crippen LogP contribution in [0.25, 0.3) is 0 Å². The van der Waals surface area contributed by atoms with Crippen LogP contribution in [-0.4, -0.2) is 20.6 Å². The minimum Gasteiger partial charge on any atom is -0.290 e. The first-order valence-electron chi connectivity index (χ1n) is 7.39. The average Bonchev–Trinajstić information content (AvgIpc) is 2.40. The van der Waals surface area contributed by atoms with Gasteiger partial charge in [0.05, 0.1) is 0 Å². The molecule has 0 spiro atoms. The quantitative estimate of drug-likeness (QED) is 0.451. The first-order chi connectivity index (χ1) is 9.00. The molecule has 0 saturated heterocycles. The van der Waals surface area contributed by atoms with Gasteiger partial charge in [0, 0.05) is 0 Å². The third kappa shape index (κ3) is 4.47. The number of hydrogen-bond acceptors (Lipinski definition) is 1. The van der Waals surface area contributed by atoms with Crippen LogP contribution in [0.5, 0.6) is 0 Å². The van der Waals surface area contributed by atoms with E-state index in [2.05, 4.69) is 0 Å². The number of hydrogen-bond donors (Lipinski definition) is 0. The molecule has 0 N–H and O–H groups in total. The zero-order valence-corrected chi connectivity index (χ0v) is 14.4. The van der Waals surface area contributed by atoms with Gasteiger partial charge in [-0.05, 0) is 44.9 Å². The fraction of sp³-hybridized carbons (Fsp3) is 0.929. The van der Waals surface area contributed by atoms with Crippen molar-refractivity contribution in [2.24, 2.45) is 0 Å². The molecule has 0 atom stereocenters. The zero-order valence-electron chi connectivity index (χ0n) is 11.2. The van der Waals surface area contributed by atoms with Gasteiger partial charge in [-0.25, -0.2) is 0 Å². The lowest BCUT2D eigenvalue weighted by Gasteiger charge is -2.38. The molecule has 110 valence electrons. The summed E-state index contributed by atoms with van der Waals surface area (Å²) in [6.07, 6.45) is 12.2. The van der Waals surface area contributed by atoms with Crippen LogP contribution in [0.1, 0.15) is 64.2 Å². The van der Waals surface area contributed by atoms with Crippen LogP contribution in [-0.2, 0) is 4.79 Å². The summed E-state index contributed by atoms with van der Waals surface area (Å²) in [7, 11) is -0.781. The second-order valence-electron chi connectivity index (χ2n) is 5.79. The SMILES string of the molecule is O=C(P(C1CCCCC1)C1CCCCC1)C(Cl)(Cl)Cl. The van der Waals surface area contributed by atoms with E-state index in [0.29, 0.717) is 11.3 Å². The largest absolute Gasteiger partial charge is 0.290 e. The van der Waals surface area contributed by atoms with Crippen molar-refractivity contribution in [3.05, 3.63) is 0 Å². The molecule has 2 aliphatic rings. The molecule has 0 heterocycles. The molecule has 0 radical (unpaired) electrons. The Kier molecular flexibility index (Phi) is 6.28. The van der Waals surface area contributed by atoms with Gasteiger partial charge in [-0.1, -0.05) is 73.3 Å². The first kappa shape index (κ1) is 16.3. The predicted octanol–water partition coefficient (Wildman–Crippen LogP) is 6.03. The highest BCUT2D eigenvalue weighted by atomic mass is 35.6. The second kappa shape index (κ2) is 7.30. The lowest BCUT2D eigenvalue weighted by Crippen LogP contribution is -2.30. The van der Waals surface area contributed by atoms with Crippen LogP contribution in [0.3, 0.4) is 0 Å². The highest BCUT2D eigenvalue weighted by Crippen LogP contribution is 2.59. The Morgan fingerprint density at radius 3 is 1.47 bits per heavy atom. The Morgan fingerprint density at radius 2 is 1.16 bits per heavy atom. The van der Waals surface area contributed by atoms with Crippen molar-refractivity contribution >= 4 is 48.2 Å². The third-order valence-electron chi connectivity index (χ3n) is 4.41. The second-order valence-corrected chi connectivity index (χ2v) is 10.8. The summed E-state index contributed by atoms with van der Waals surface area (Å²) in [5, 5.41) is 0. The Balaban J connectivity index is 2.13. The molecule has 5 heteroatoms.